The monoisotopic (exact) mass is 205 g/mol. The van der Waals surface area contributed by atoms with Gasteiger partial charge in [0.2, 0.25) is 0 Å². The van der Waals surface area contributed by atoms with Crippen molar-refractivity contribution in [1.82, 2.24) is 5.32 Å². The molecule has 2 aliphatic heterocycles. The Morgan fingerprint density at radius 2 is 1.92 bits per heavy atom. The average molecular weight is 205 g/mol. The second-order valence-electron chi connectivity index (χ2n) is 3.73. The highest BCUT2D eigenvalue weighted by Gasteiger charge is 2.31. The van der Waals surface area contributed by atoms with Crippen LogP contribution in [-0.4, -0.2) is 39.3 Å². The highest BCUT2D eigenvalue weighted by Crippen LogP contribution is 2.23. The van der Waals surface area contributed by atoms with Crippen LogP contribution >= 0.6 is 0 Å². The molecule has 2 heterocycles. The van der Waals surface area contributed by atoms with Gasteiger partial charge in [-0.25, -0.2) is 8.42 Å². The van der Waals surface area contributed by atoms with Crippen LogP contribution in [0.5, 0.6) is 0 Å². The van der Waals surface area contributed by atoms with Crippen LogP contribution in [0.25, 0.3) is 0 Å². The van der Waals surface area contributed by atoms with E-state index in [-0.39, 0.29) is 6.23 Å². The molecule has 0 spiro atoms. The minimum atomic E-state index is -2.73. The zero-order chi connectivity index (χ0) is 9.31. The van der Waals surface area contributed by atoms with Gasteiger partial charge >= 0.3 is 0 Å². The number of nitrogens with one attached hydrogen (secondary N) is 1. The van der Waals surface area contributed by atoms with Crippen LogP contribution < -0.4 is 5.32 Å². The first kappa shape index (κ1) is 9.43. The molecule has 0 bridgehead atoms. The van der Waals surface area contributed by atoms with E-state index in [1.807, 2.05) is 0 Å². The van der Waals surface area contributed by atoms with E-state index < -0.39 is 9.84 Å². The molecule has 13 heavy (non-hydrogen) atoms. The van der Waals surface area contributed by atoms with E-state index in [1.54, 1.807) is 0 Å². The fourth-order valence-corrected chi connectivity index (χ4v) is 3.49. The molecule has 2 saturated heterocycles. The molecule has 0 aliphatic carbocycles. The first-order valence-corrected chi connectivity index (χ1v) is 6.55. The predicted molar refractivity (Wildman–Crippen MR) is 49.1 cm³/mol. The lowest BCUT2D eigenvalue weighted by atomic mass is 10.0. The zero-order valence-electron chi connectivity index (χ0n) is 7.53. The SMILES string of the molecule is O=S1(=O)CCC(C2NCCO2)CC1. The largest absolute Gasteiger partial charge is 0.362 e. The summed E-state index contributed by atoms with van der Waals surface area (Å²) in [5.41, 5.74) is 0. The Morgan fingerprint density at radius 3 is 2.46 bits per heavy atom. The molecule has 2 fully saturated rings. The normalized spacial score (nSPS) is 34.9. The maximum atomic E-state index is 11.1. The first-order chi connectivity index (χ1) is 6.17. The summed E-state index contributed by atoms with van der Waals surface area (Å²) in [4.78, 5) is 0. The molecule has 0 aromatic rings. The highest BCUT2D eigenvalue weighted by molar-refractivity contribution is 7.91. The molecule has 2 aliphatic rings. The Kier molecular flexibility index (Phi) is 2.58. The third-order valence-corrected chi connectivity index (χ3v) is 4.49. The number of sulfone groups is 1. The van der Waals surface area contributed by atoms with Crippen LogP contribution in [0.1, 0.15) is 12.8 Å². The van der Waals surface area contributed by atoms with E-state index in [0.717, 1.165) is 26.0 Å². The van der Waals surface area contributed by atoms with Gasteiger partial charge in [-0.1, -0.05) is 0 Å². The second-order valence-corrected chi connectivity index (χ2v) is 6.04. The van der Waals surface area contributed by atoms with Gasteiger partial charge in [-0.05, 0) is 12.8 Å². The average Bonchev–Trinajstić information content (AvgIpc) is 2.56. The summed E-state index contributed by atoms with van der Waals surface area (Å²) in [6.07, 6.45) is 1.61. The van der Waals surface area contributed by atoms with Gasteiger partial charge in [-0.3, -0.25) is 5.32 Å². The summed E-state index contributed by atoms with van der Waals surface area (Å²) in [7, 11) is -2.73. The van der Waals surface area contributed by atoms with Crippen LogP contribution in [0.3, 0.4) is 0 Å². The van der Waals surface area contributed by atoms with Crippen molar-refractivity contribution in [1.29, 1.82) is 0 Å². The van der Waals surface area contributed by atoms with Gasteiger partial charge in [-0.2, -0.15) is 0 Å². The van der Waals surface area contributed by atoms with Gasteiger partial charge < -0.3 is 4.74 Å². The number of rotatable bonds is 1. The maximum absolute atomic E-state index is 11.1. The van der Waals surface area contributed by atoms with Crippen LogP contribution in [0.15, 0.2) is 0 Å². The fourth-order valence-electron chi connectivity index (χ4n) is 1.96. The lowest BCUT2D eigenvalue weighted by Crippen LogP contribution is -2.37. The Bertz CT molecular complexity index is 255. The fraction of sp³-hybridized carbons (Fsp3) is 1.00. The molecule has 5 heteroatoms. The highest BCUT2D eigenvalue weighted by atomic mass is 32.2. The molecule has 0 aromatic heterocycles. The minimum Gasteiger partial charge on any atom is -0.362 e. The summed E-state index contributed by atoms with van der Waals surface area (Å²) < 4.78 is 27.8. The molecule has 76 valence electrons. The summed E-state index contributed by atoms with van der Waals surface area (Å²) >= 11 is 0. The third kappa shape index (κ3) is 2.21. The van der Waals surface area contributed by atoms with Gasteiger partial charge in [0.25, 0.3) is 0 Å². The van der Waals surface area contributed by atoms with Crippen molar-refractivity contribution in [2.24, 2.45) is 5.92 Å². The van der Waals surface area contributed by atoms with Crippen LogP contribution in [0, 0.1) is 5.92 Å². The number of ether oxygens (including phenoxy) is 1. The van der Waals surface area contributed by atoms with E-state index in [4.69, 9.17) is 4.74 Å². The van der Waals surface area contributed by atoms with E-state index in [1.165, 1.54) is 0 Å². The molecule has 2 rings (SSSR count). The van der Waals surface area contributed by atoms with Crippen LogP contribution in [0.4, 0.5) is 0 Å². The number of hydrogen-bond donors (Lipinski definition) is 1. The smallest absolute Gasteiger partial charge is 0.150 e. The summed E-state index contributed by atoms with van der Waals surface area (Å²) in [6.45, 7) is 1.65. The molecule has 1 N–H and O–H groups in total. The molecule has 1 unspecified atom stereocenters. The molecular weight excluding hydrogens is 190 g/mol. The van der Waals surface area contributed by atoms with E-state index >= 15 is 0 Å². The molecule has 4 nitrogen and oxygen atoms in total. The van der Waals surface area contributed by atoms with Gasteiger partial charge in [0.05, 0.1) is 18.1 Å². The molecule has 0 radical (unpaired) electrons. The predicted octanol–water partition coefficient (Wildman–Crippen LogP) is -0.243. The Hall–Kier alpha value is -0.130. The van der Waals surface area contributed by atoms with Crippen LogP contribution in [-0.2, 0) is 14.6 Å². The Labute approximate surface area is 78.6 Å². The molecule has 0 aromatic carbocycles. The lowest BCUT2D eigenvalue weighted by molar-refractivity contribution is 0.0481. The van der Waals surface area contributed by atoms with Crippen molar-refractivity contribution in [2.45, 2.75) is 19.1 Å². The van der Waals surface area contributed by atoms with Crippen molar-refractivity contribution >= 4 is 9.84 Å². The summed E-state index contributed by atoms with van der Waals surface area (Å²) in [5.74, 6) is 1.06. The van der Waals surface area contributed by atoms with Gasteiger partial charge in [0.1, 0.15) is 16.1 Å². The first-order valence-electron chi connectivity index (χ1n) is 4.73. The van der Waals surface area contributed by atoms with Crippen LogP contribution in [0.2, 0.25) is 0 Å². The van der Waals surface area contributed by atoms with Gasteiger partial charge in [0.15, 0.2) is 0 Å². The molecule has 0 amide bonds. The Balaban J connectivity index is 1.90. The Morgan fingerprint density at radius 1 is 1.23 bits per heavy atom. The van der Waals surface area contributed by atoms with E-state index in [0.29, 0.717) is 17.4 Å². The van der Waals surface area contributed by atoms with Crippen molar-refractivity contribution in [3.8, 4) is 0 Å². The van der Waals surface area contributed by atoms with Gasteiger partial charge in [0, 0.05) is 12.5 Å². The topological polar surface area (TPSA) is 55.4 Å². The standard InChI is InChI=1S/C8H15NO3S/c10-13(11)5-1-7(2-6-13)8-9-3-4-12-8/h7-9H,1-6H2. The van der Waals surface area contributed by atoms with Crippen molar-refractivity contribution in [2.75, 3.05) is 24.7 Å². The minimum absolute atomic E-state index is 0.107. The zero-order valence-corrected chi connectivity index (χ0v) is 8.35. The van der Waals surface area contributed by atoms with E-state index in [9.17, 15) is 8.42 Å². The van der Waals surface area contributed by atoms with Crippen molar-refractivity contribution in [3.05, 3.63) is 0 Å². The second kappa shape index (κ2) is 3.55. The molecule has 0 saturated carbocycles. The molecule has 1 atom stereocenters. The van der Waals surface area contributed by atoms with Gasteiger partial charge in [-0.15, -0.1) is 0 Å². The maximum Gasteiger partial charge on any atom is 0.150 e. The van der Waals surface area contributed by atoms with E-state index in [2.05, 4.69) is 5.32 Å². The summed E-state index contributed by atoms with van der Waals surface area (Å²) in [6, 6.07) is 0. The van der Waals surface area contributed by atoms with Crippen molar-refractivity contribution in [3.63, 3.8) is 0 Å². The quantitative estimate of drug-likeness (QED) is 0.642. The molecular formula is C8H15NO3S. The lowest BCUT2D eigenvalue weighted by Gasteiger charge is -2.26. The number of hydrogen-bond acceptors (Lipinski definition) is 4. The van der Waals surface area contributed by atoms with Crippen molar-refractivity contribution < 1.29 is 13.2 Å². The third-order valence-electron chi connectivity index (χ3n) is 2.77. The summed E-state index contributed by atoms with van der Waals surface area (Å²) in [5, 5.41) is 3.24.